The summed E-state index contributed by atoms with van der Waals surface area (Å²) in [5.74, 6) is 0.656. The second-order valence-electron chi connectivity index (χ2n) is 3.33. The van der Waals surface area contributed by atoms with Crippen LogP contribution in [0.15, 0.2) is 18.2 Å². The highest BCUT2D eigenvalue weighted by molar-refractivity contribution is 5.18. The molecule has 1 heterocycles. The molecule has 0 atom stereocenters. The fraction of sp³-hybridized carbons (Fsp3) is 0.545. The van der Waals surface area contributed by atoms with Gasteiger partial charge in [-0.2, -0.15) is 0 Å². The molecular formula is C11H17NO3. The molecule has 0 spiro atoms. The van der Waals surface area contributed by atoms with E-state index >= 15 is 0 Å². The first-order valence-electron chi connectivity index (χ1n) is 5.04. The van der Waals surface area contributed by atoms with Crippen LogP contribution in [-0.4, -0.2) is 35.5 Å². The average molecular weight is 211 g/mol. The summed E-state index contributed by atoms with van der Waals surface area (Å²) in [5.41, 5.74) is 0.859. The first-order chi connectivity index (χ1) is 7.31. The van der Waals surface area contributed by atoms with Gasteiger partial charge in [0.2, 0.25) is 5.88 Å². The van der Waals surface area contributed by atoms with Crippen LogP contribution in [0.5, 0.6) is 5.88 Å². The van der Waals surface area contributed by atoms with Gasteiger partial charge in [0.15, 0.2) is 0 Å². The summed E-state index contributed by atoms with van der Waals surface area (Å²) in [4.78, 5) is 4.28. The zero-order valence-corrected chi connectivity index (χ0v) is 8.89. The van der Waals surface area contributed by atoms with Gasteiger partial charge in [-0.05, 0) is 18.9 Å². The van der Waals surface area contributed by atoms with E-state index < -0.39 is 0 Å². The largest absolute Gasteiger partial charge is 0.481 e. The van der Waals surface area contributed by atoms with Crippen molar-refractivity contribution in [3.8, 4) is 5.88 Å². The van der Waals surface area contributed by atoms with Gasteiger partial charge in [-0.1, -0.05) is 6.07 Å². The standard InChI is InChI=1S/C11H17NO3/c1-15-11-4-2-3-10(12-11)9(5-7-13)6-8-14/h2-4,9,13-14H,5-8H2,1H3. The van der Waals surface area contributed by atoms with Crippen LogP contribution in [0.3, 0.4) is 0 Å². The molecule has 0 aliphatic heterocycles. The minimum atomic E-state index is 0.0927. The van der Waals surface area contributed by atoms with Crippen LogP contribution in [0.2, 0.25) is 0 Å². The highest BCUT2D eigenvalue weighted by atomic mass is 16.5. The maximum atomic E-state index is 8.91. The van der Waals surface area contributed by atoms with Crippen molar-refractivity contribution in [1.82, 2.24) is 4.98 Å². The predicted octanol–water partition coefficient (Wildman–Crippen LogP) is 0.939. The number of pyridine rings is 1. The Morgan fingerprint density at radius 3 is 2.47 bits per heavy atom. The number of nitrogens with zero attached hydrogens (tertiary/aromatic N) is 1. The van der Waals surface area contributed by atoms with E-state index in [0.29, 0.717) is 18.7 Å². The van der Waals surface area contributed by atoms with E-state index in [1.165, 1.54) is 0 Å². The zero-order chi connectivity index (χ0) is 11.1. The third kappa shape index (κ3) is 3.49. The molecule has 1 aromatic heterocycles. The van der Waals surface area contributed by atoms with Gasteiger partial charge in [0.25, 0.3) is 0 Å². The number of methoxy groups -OCH3 is 1. The number of rotatable bonds is 6. The van der Waals surface area contributed by atoms with Crippen molar-refractivity contribution >= 4 is 0 Å². The molecule has 0 radical (unpaired) electrons. The third-order valence-electron chi connectivity index (χ3n) is 2.33. The van der Waals surface area contributed by atoms with Gasteiger partial charge < -0.3 is 14.9 Å². The molecule has 0 aliphatic rings. The van der Waals surface area contributed by atoms with Crippen LogP contribution in [0.25, 0.3) is 0 Å². The number of ether oxygens (including phenoxy) is 1. The Morgan fingerprint density at radius 2 is 1.93 bits per heavy atom. The monoisotopic (exact) mass is 211 g/mol. The third-order valence-corrected chi connectivity index (χ3v) is 2.33. The van der Waals surface area contributed by atoms with Crippen LogP contribution < -0.4 is 4.74 Å². The van der Waals surface area contributed by atoms with Gasteiger partial charge in [0.05, 0.1) is 7.11 Å². The van der Waals surface area contributed by atoms with E-state index in [1.807, 2.05) is 12.1 Å². The Morgan fingerprint density at radius 1 is 1.27 bits per heavy atom. The van der Waals surface area contributed by atoms with Gasteiger partial charge >= 0.3 is 0 Å². The van der Waals surface area contributed by atoms with E-state index in [0.717, 1.165) is 5.69 Å². The molecule has 4 heteroatoms. The minimum absolute atomic E-state index is 0.0927. The van der Waals surface area contributed by atoms with Gasteiger partial charge in [0.1, 0.15) is 0 Å². The van der Waals surface area contributed by atoms with E-state index in [1.54, 1.807) is 13.2 Å². The SMILES string of the molecule is COc1cccc(C(CCO)CCO)n1. The summed E-state index contributed by atoms with van der Waals surface area (Å²) < 4.78 is 5.03. The summed E-state index contributed by atoms with van der Waals surface area (Å²) in [7, 11) is 1.57. The van der Waals surface area contributed by atoms with Crippen LogP contribution in [0.4, 0.5) is 0 Å². The fourth-order valence-corrected chi connectivity index (χ4v) is 1.52. The van der Waals surface area contributed by atoms with Crippen molar-refractivity contribution in [3.63, 3.8) is 0 Å². The first kappa shape index (κ1) is 11.9. The lowest BCUT2D eigenvalue weighted by molar-refractivity contribution is 0.240. The lowest BCUT2D eigenvalue weighted by atomic mass is 9.98. The van der Waals surface area contributed by atoms with E-state index in [4.69, 9.17) is 14.9 Å². The first-order valence-corrected chi connectivity index (χ1v) is 5.04. The van der Waals surface area contributed by atoms with Crippen molar-refractivity contribution < 1.29 is 14.9 Å². The van der Waals surface area contributed by atoms with Gasteiger partial charge in [0, 0.05) is 30.9 Å². The van der Waals surface area contributed by atoms with Gasteiger partial charge in [-0.3, -0.25) is 0 Å². The predicted molar refractivity (Wildman–Crippen MR) is 56.9 cm³/mol. The van der Waals surface area contributed by atoms with E-state index in [2.05, 4.69) is 4.98 Å². The molecule has 0 bridgehead atoms. The average Bonchev–Trinajstić information content (AvgIpc) is 2.29. The second kappa shape index (κ2) is 6.37. The normalized spacial score (nSPS) is 10.7. The Bertz CT molecular complexity index is 285. The number of hydrogen-bond donors (Lipinski definition) is 2. The molecule has 2 N–H and O–H groups in total. The molecule has 84 valence electrons. The number of aromatic nitrogens is 1. The van der Waals surface area contributed by atoms with Crippen LogP contribution in [-0.2, 0) is 0 Å². The zero-order valence-electron chi connectivity index (χ0n) is 8.89. The summed E-state index contributed by atoms with van der Waals surface area (Å²) in [6.07, 6.45) is 1.22. The molecule has 0 unspecified atom stereocenters. The minimum Gasteiger partial charge on any atom is -0.481 e. The fourth-order valence-electron chi connectivity index (χ4n) is 1.52. The summed E-state index contributed by atoms with van der Waals surface area (Å²) >= 11 is 0. The Labute approximate surface area is 89.5 Å². The maximum absolute atomic E-state index is 8.91. The summed E-state index contributed by atoms with van der Waals surface area (Å²) in [6.45, 7) is 0.202. The van der Waals surface area contributed by atoms with Crippen molar-refractivity contribution in [2.75, 3.05) is 20.3 Å². The molecular weight excluding hydrogens is 194 g/mol. The number of hydrogen-bond acceptors (Lipinski definition) is 4. The highest BCUT2D eigenvalue weighted by Gasteiger charge is 2.12. The highest BCUT2D eigenvalue weighted by Crippen LogP contribution is 2.22. The molecule has 0 fully saturated rings. The second-order valence-corrected chi connectivity index (χ2v) is 3.33. The van der Waals surface area contributed by atoms with Crippen molar-refractivity contribution in [2.24, 2.45) is 0 Å². The topological polar surface area (TPSA) is 62.6 Å². The lowest BCUT2D eigenvalue weighted by Gasteiger charge is -2.14. The van der Waals surface area contributed by atoms with E-state index in [9.17, 15) is 0 Å². The quantitative estimate of drug-likeness (QED) is 0.735. The molecule has 0 aliphatic carbocycles. The smallest absolute Gasteiger partial charge is 0.213 e. The number of aliphatic hydroxyl groups excluding tert-OH is 2. The molecule has 4 nitrogen and oxygen atoms in total. The van der Waals surface area contributed by atoms with Crippen molar-refractivity contribution in [2.45, 2.75) is 18.8 Å². The molecule has 0 saturated carbocycles. The molecule has 0 aromatic carbocycles. The van der Waals surface area contributed by atoms with Crippen LogP contribution >= 0.6 is 0 Å². The molecule has 1 rings (SSSR count). The van der Waals surface area contributed by atoms with Crippen LogP contribution in [0.1, 0.15) is 24.5 Å². The van der Waals surface area contributed by atoms with Gasteiger partial charge in [-0.25, -0.2) is 4.98 Å². The molecule has 15 heavy (non-hydrogen) atoms. The Hall–Kier alpha value is -1.13. The van der Waals surface area contributed by atoms with E-state index in [-0.39, 0.29) is 19.1 Å². The van der Waals surface area contributed by atoms with Crippen molar-refractivity contribution in [3.05, 3.63) is 23.9 Å². The van der Waals surface area contributed by atoms with Crippen molar-refractivity contribution in [1.29, 1.82) is 0 Å². The number of aliphatic hydroxyl groups is 2. The molecule has 1 aromatic rings. The lowest BCUT2D eigenvalue weighted by Crippen LogP contribution is -2.06. The molecule has 0 saturated heterocycles. The Kier molecular flexibility index (Phi) is 5.07. The summed E-state index contributed by atoms with van der Waals surface area (Å²) in [6, 6.07) is 5.53. The Balaban J connectivity index is 2.79. The van der Waals surface area contributed by atoms with Gasteiger partial charge in [-0.15, -0.1) is 0 Å². The maximum Gasteiger partial charge on any atom is 0.213 e. The molecule has 0 amide bonds. The van der Waals surface area contributed by atoms with Crippen LogP contribution in [0, 0.1) is 0 Å². The summed E-state index contributed by atoms with van der Waals surface area (Å²) in [5, 5.41) is 17.8.